The van der Waals surface area contributed by atoms with E-state index >= 15 is 0 Å². The van der Waals surface area contributed by atoms with Crippen LogP contribution in [-0.4, -0.2) is 39.3 Å². The summed E-state index contributed by atoms with van der Waals surface area (Å²) in [6.07, 6.45) is 3.24. The quantitative estimate of drug-likeness (QED) is 0.553. The van der Waals surface area contributed by atoms with E-state index in [9.17, 15) is 0 Å². The largest absolute Gasteiger partial charge is 0.266 e. The molecule has 1 aromatic heterocycles. The summed E-state index contributed by atoms with van der Waals surface area (Å²) in [6.45, 7) is 0. The Morgan fingerprint density at radius 3 is 2.50 bits per heavy atom. The first kappa shape index (κ1) is 5.94. The van der Waals surface area contributed by atoms with Crippen molar-refractivity contribution in [3.63, 3.8) is 0 Å². The first-order valence-electron chi connectivity index (χ1n) is 1.30. The second-order valence-electron chi connectivity index (χ2n) is 0.660. The van der Waals surface area contributed by atoms with Gasteiger partial charge in [0.1, 0.15) is 0 Å². The van der Waals surface area contributed by atoms with E-state index in [0.717, 1.165) is 0 Å². The molecule has 1 aromatic rings. The maximum atomic E-state index is 3.42. The molecule has 0 aromatic carbocycles. The van der Waals surface area contributed by atoms with Gasteiger partial charge in [0.2, 0.25) is 0 Å². The third-order valence-corrected chi connectivity index (χ3v) is 0.331. The molecule has 1 rings (SSSR count). The fourth-order valence-electron chi connectivity index (χ4n) is 0.167. The van der Waals surface area contributed by atoms with Gasteiger partial charge in [0.25, 0.3) is 0 Å². The summed E-state index contributed by atoms with van der Waals surface area (Å²) < 4.78 is 0. The van der Waals surface area contributed by atoms with Crippen LogP contribution in [0.1, 0.15) is 0 Å². The first-order valence-corrected chi connectivity index (χ1v) is 1.30. The van der Waals surface area contributed by atoms with Gasteiger partial charge in [0.15, 0.2) is 0 Å². The molecule has 0 bridgehead atoms. The minimum Gasteiger partial charge on any atom is -0.266 e. The average Bonchev–Trinajstić information content (AvgIpc) is 1.76. The number of aromatic nitrogens is 3. The van der Waals surface area contributed by atoms with E-state index < -0.39 is 0 Å². The molecule has 0 aliphatic carbocycles. The third-order valence-electron chi connectivity index (χ3n) is 0.331. The van der Waals surface area contributed by atoms with Gasteiger partial charge < -0.3 is 0 Å². The van der Waals surface area contributed by atoms with E-state index in [1.807, 2.05) is 0 Å². The van der Waals surface area contributed by atoms with Crippen LogP contribution in [0, 0.1) is 0 Å². The maximum absolute atomic E-state index is 3.42. The Morgan fingerprint density at radius 1 is 1.50 bits per heavy atom. The van der Waals surface area contributed by atoms with E-state index in [4.69, 9.17) is 0 Å². The summed E-state index contributed by atoms with van der Waals surface area (Å²) in [4.78, 5) is 0. The van der Waals surface area contributed by atoms with E-state index in [1.54, 1.807) is 12.4 Å². The van der Waals surface area contributed by atoms with Crippen molar-refractivity contribution in [2.45, 2.75) is 0 Å². The van der Waals surface area contributed by atoms with Crippen molar-refractivity contribution in [3.8, 4) is 0 Å². The third kappa shape index (κ3) is 1.39. The summed E-state index contributed by atoms with van der Waals surface area (Å²) in [7, 11) is 0. The zero-order valence-corrected chi connectivity index (χ0v) is 5.90. The van der Waals surface area contributed by atoms with Crippen molar-refractivity contribution in [2.75, 3.05) is 0 Å². The zero-order valence-electron chi connectivity index (χ0n) is 3.05. The molecule has 0 spiro atoms. The summed E-state index contributed by atoms with van der Waals surface area (Å²) in [5, 5.41) is 9.26. The second kappa shape index (κ2) is 3.14. The Balaban J connectivity index is 0.000000250. The van der Waals surface area contributed by atoms with E-state index in [-0.39, 0.29) is 23.9 Å². The second-order valence-corrected chi connectivity index (χ2v) is 0.660. The Labute approximate surface area is 52.1 Å². The SMILES string of the molecule is [Sn].c1c[nH]nn1. The minimum absolute atomic E-state index is 0. The van der Waals surface area contributed by atoms with E-state index in [0.29, 0.717) is 0 Å². The van der Waals surface area contributed by atoms with Gasteiger partial charge in [0, 0.05) is 30.1 Å². The topological polar surface area (TPSA) is 41.6 Å². The fourth-order valence-corrected chi connectivity index (χ4v) is 0.167. The molecule has 0 atom stereocenters. The molecule has 1 heterocycles. The summed E-state index contributed by atoms with van der Waals surface area (Å²) in [5.41, 5.74) is 0. The Bertz CT molecular complexity index is 65.3. The molecule has 0 aliphatic heterocycles. The predicted molar refractivity (Wildman–Crippen MR) is 22.1 cm³/mol. The number of aromatic amines is 1. The fraction of sp³-hybridized carbons (Fsp3) is 0. The molecular formula is C2H3N3Sn. The Morgan fingerprint density at radius 2 is 2.33 bits per heavy atom. The smallest absolute Gasteiger partial charge is 0.0690 e. The van der Waals surface area contributed by atoms with Crippen molar-refractivity contribution in [2.24, 2.45) is 0 Å². The van der Waals surface area contributed by atoms with Gasteiger partial charge >= 0.3 is 0 Å². The van der Waals surface area contributed by atoms with Gasteiger partial charge in [-0.2, -0.15) is 0 Å². The standard InChI is InChI=1S/C2H3N3.Sn/c1-2-4-5-3-1;/h1-2H,(H,3,4,5);. The number of rotatable bonds is 0. The predicted octanol–water partition coefficient (Wildman–Crippen LogP) is -0.576. The molecule has 30 valence electrons. The maximum Gasteiger partial charge on any atom is 0.0690 e. The monoisotopic (exact) mass is 189 g/mol. The molecule has 3 nitrogen and oxygen atoms in total. The molecule has 0 amide bonds. The van der Waals surface area contributed by atoms with Crippen LogP contribution < -0.4 is 0 Å². The summed E-state index contributed by atoms with van der Waals surface area (Å²) in [6, 6.07) is 0. The number of hydrogen-bond acceptors (Lipinski definition) is 2. The zero-order chi connectivity index (χ0) is 3.54. The van der Waals surface area contributed by atoms with Crippen LogP contribution in [-0.2, 0) is 0 Å². The van der Waals surface area contributed by atoms with Gasteiger partial charge in [0.05, 0.1) is 6.20 Å². The van der Waals surface area contributed by atoms with Crippen molar-refractivity contribution in [1.29, 1.82) is 0 Å². The molecule has 6 heavy (non-hydrogen) atoms. The molecule has 0 saturated heterocycles. The van der Waals surface area contributed by atoms with Crippen LogP contribution in [0.3, 0.4) is 0 Å². The van der Waals surface area contributed by atoms with Crippen LogP contribution in [0.5, 0.6) is 0 Å². The van der Waals surface area contributed by atoms with Crippen molar-refractivity contribution in [1.82, 2.24) is 15.4 Å². The number of nitrogens with one attached hydrogen (secondary N) is 1. The van der Waals surface area contributed by atoms with Gasteiger partial charge in [-0.05, 0) is 0 Å². The van der Waals surface area contributed by atoms with Crippen LogP contribution in [0.25, 0.3) is 0 Å². The molecule has 0 unspecified atom stereocenters. The van der Waals surface area contributed by atoms with E-state index in [2.05, 4.69) is 15.4 Å². The Hall–Kier alpha value is -0.0613. The van der Waals surface area contributed by atoms with Gasteiger partial charge in [-0.1, -0.05) is 5.21 Å². The average molecular weight is 188 g/mol. The van der Waals surface area contributed by atoms with Gasteiger partial charge in [-0.15, -0.1) is 5.10 Å². The first-order chi connectivity index (χ1) is 2.50. The van der Waals surface area contributed by atoms with Gasteiger partial charge in [-0.25, -0.2) is 0 Å². The molecule has 4 heteroatoms. The number of nitrogens with zero attached hydrogens (tertiary/aromatic N) is 2. The van der Waals surface area contributed by atoms with Gasteiger partial charge in [-0.3, -0.25) is 5.10 Å². The van der Waals surface area contributed by atoms with E-state index in [1.165, 1.54) is 0 Å². The van der Waals surface area contributed by atoms with Crippen LogP contribution in [0.2, 0.25) is 0 Å². The molecule has 0 fully saturated rings. The molecule has 4 radical (unpaired) electrons. The number of H-pyrrole nitrogens is 1. The molecule has 0 saturated carbocycles. The van der Waals surface area contributed by atoms with Crippen molar-refractivity contribution in [3.05, 3.63) is 12.4 Å². The van der Waals surface area contributed by atoms with Crippen molar-refractivity contribution < 1.29 is 0 Å². The summed E-state index contributed by atoms with van der Waals surface area (Å²) >= 11 is 0. The normalized spacial score (nSPS) is 6.67. The molecule has 0 aliphatic rings. The van der Waals surface area contributed by atoms with Crippen LogP contribution in [0.15, 0.2) is 12.4 Å². The molecule has 1 N–H and O–H groups in total. The summed E-state index contributed by atoms with van der Waals surface area (Å²) in [5.74, 6) is 0. The molecular weight excluding hydrogens is 185 g/mol. The van der Waals surface area contributed by atoms with Crippen LogP contribution in [0.4, 0.5) is 0 Å². The Kier molecular flexibility index (Phi) is 3.11. The minimum atomic E-state index is 0. The number of hydrogen-bond donors (Lipinski definition) is 1. The van der Waals surface area contributed by atoms with Crippen molar-refractivity contribution >= 4 is 23.9 Å². The van der Waals surface area contributed by atoms with Crippen LogP contribution >= 0.6 is 0 Å².